The molecule has 2 aromatic rings. The molecule has 1 N–H and O–H groups in total. The Labute approximate surface area is 195 Å². The Morgan fingerprint density at radius 1 is 1.11 bits per heavy atom. The van der Waals surface area contributed by atoms with Crippen molar-refractivity contribution in [3.05, 3.63) is 83.0 Å². The summed E-state index contributed by atoms with van der Waals surface area (Å²) in [7, 11) is -4.79. The standard InChI is InChI=1S/C18H17ClN2O4S2.Na/c19-15-11-21(18(22)20-16(15)27(23,24)25)17(14-9-5-2-6-10-14)26-12-13-7-3-1-4-8-13;/h1-11,16-17H,12H2,(H,20,22)(H,23,24,25);/q;+1/p-1. The van der Waals surface area contributed by atoms with Crippen LogP contribution in [0.1, 0.15) is 16.5 Å². The Morgan fingerprint density at radius 3 is 2.25 bits per heavy atom. The van der Waals surface area contributed by atoms with E-state index < -0.39 is 26.9 Å². The fourth-order valence-electron chi connectivity index (χ4n) is 2.60. The Morgan fingerprint density at radius 2 is 1.68 bits per heavy atom. The zero-order valence-electron chi connectivity index (χ0n) is 15.0. The minimum absolute atomic E-state index is 0. The minimum atomic E-state index is -4.79. The molecule has 6 nitrogen and oxygen atoms in total. The Kier molecular flexibility index (Phi) is 8.44. The summed E-state index contributed by atoms with van der Waals surface area (Å²) in [5.74, 6) is 0.624. The summed E-state index contributed by atoms with van der Waals surface area (Å²) >= 11 is 7.48. The normalized spacial score (nSPS) is 17.9. The molecule has 0 fully saturated rings. The Bertz CT molecular complexity index is 943. The summed E-state index contributed by atoms with van der Waals surface area (Å²) in [6, 6.07) is 18.4. The van der Waals surface area contributed by atoms with Crippen LogP contribution in [0, 0.1) is 0 Å². The van der Waals surface area contributed by atoms with Crippen molar-refractivity contribution < 1.29 is 47.3 Å². The molecule has 0 radical (unpaired) electrons. The summed E-state index contributed by atoms with van der Waals surface area (Å²) in [5.41, 5.74) is 1.92. The zero-order chi connectivity index (χ0) is 19.4. The third-order valence-electron chi connectivity index (χ3n) is 3.88. The molecule has 0 aromatic heterocycles. The number of halogens is 1. The minimum Gasteiger partial charge on any atom is -0.746 e. The average molecular weight is 447 g/mol. The third kappa shape index (κ3) is 5.76. The van der Waals surface area contributed by atoms with Gasteiger partial charge in [-0.05, 0) is 11.1 Å². The predicted molar refractivity (Wildman–Crippen MR) is 105 cm³/mol. The van der Waals surface area contributed by atoms with Gasteiger partial charge in [0.2, 0.25) is 0 Å². The van der Waals surface area contributed by atoms with Crippen LogP contribution < -0.4 is 34.9 Å². The van der Waals surface area contributed by atoms with Gasteiger partial charge >= 0.3 is 35.6 Å². The van der Waals surface area contributed by atoms with Gasteiger partial charge in [0.05, 0.1) is 5.03 Å². The average Bonchev–Trinajstić information content (AvgIpc) is 2.65. The molecule has 0 bridgehead atoms. The second-order valence-corrected chi connectivity index (χ2v) is 8.77. The maximum Gasteiger partial charge on any atom is 1.00 e. The van der Waals surface area contributed by atoms with Gasteiger partial charge in [-0.1, -0.05) is 72.3 Å². The van der Waals surface area contributed by atoms with E-state index in [9.17, 15) is 17.8 Å². The summed E-state index contributed by atoms with van der Waals surface area (Å²) in [4.78, 5) is 13.8. The Balaban J connectivity index is 0.00000280. The van der Waals surface area contributed by atoms with Crippen molar-refractivity contribution in [1.29, 1.82) is 0 Å². The van der Waals surface area contributed by atoms with E-state index in [4.69, 9.17) is 11.6 Å². The van der Waals surface area contributed by atoms with Crippen molar-refractivity contribution in [3.8, 4) is 0 Å². The van der Waals surface area contributed by atoms with Crippen LogP contribution in [0.2, 0.25) is 0 Å². The SMILES string of the molecule is O=C1NC(S(=O)(=O)[O-])C(Cl)=CN1C(SCc1ccccc1)c1ccccc1.[Na+]. The number of nitrogens with zero attached hydrogens (tertiary/aromatic N) is 1. The first-order valence-electron chi connectivity index (χ1n) is 7.97. The number of amides is 2. The van der Waals surface area contributed by atoms with Crippen molar-refractivity contribution in [3.63, 3.8) is 0 Å². The number of carbonyl (C=O) groups is 1. The van der Waals surface area contributed by atoms with Crippen molar-refractivity contribution in [2.45, 2.75) is 16.5 Å². The third-order valence-corrected chi connectivity index (χ3v) is 6.59. The van der Waals surface area contributed by atoms with E-state index in [1.165, 1.54) is 22.9 Å². The molecular formula is C18H16ClN2NaO4S2. The first kappa shape index (κ1) is 23.3. The van der Waals surface area contributed by atoms with Gasteiger partial charge in [0.15, 0.2) is 5.37 Å². The number of nitrogens with one attached hydrogen (secondary N) is 1. The van der Waals surface area contributed by atoms with E-state index in [1.54, 1.807) is 0 Å². The molecule has 3 rings (SSSR count). The summed E-state index contributed by atoms with van der Waals surface area (Å²) in [5, 5.41) is -0.281. The molecule has 0 spiro atoms. The van der Waals surface area contributed by atoms with E-state index >= 15 is 0 Å². The second kappa shape index (κ2) is 10.2. The van der Waals surface area contributed by atoms with Gasteiger partial charge in [0.1, 0.15) is 15.5 Å². The molecule has 0 saturated heterocycles. The van der Waals surface area contributed by atoms with Crippen molar-refractivity contribution in [1.82, 2.24) is 10.2 Å². The monoisotopic (exact) mass is 446 g/mol. The number of thioether (sulfide) groups is 1. The van der Waals surface area contributed by atoms with E-state index in [-0.39, 0.29) is 34.6 Å². The molecule has 1 aliphatic heterocycles. The van der Waals surface area contributed by atoms with E-state index in [0.29, 0.717) is 5.75 Å². The zero-order valence-corrected chi connectivity index (χ0v) is 19.4. The molecule has 10 heteroatoms. The molecule has 2 atom stereocenters. The quantitative estimate of drug-likeness (QED) is 0.518. The largest absolute Gasteiger partial charge is 1.00 e. The first-order valence-corrected chi connectivity index (χ1v) is 10.9. The molecule has 2 amide bonds. The topological polar surface area (TPSA) is 89.5 Å². The number of rotatable bonds is 6. The maximum atomic E-state index is 12.5. The van der Waals surface area contributed by atoms with Gasteiger partial charge in [-0.3, -0.25) is 4.90 Å². The van der Waals surface area contributed by atoms with Crippen LogP contribution in [0.15, 0.2) is 71.9 Å². The molecule has 2 aromatic carbocycles. The van der Waals surface area contributed by atoms with Crippen molar-refractivity contribution >= 4 is 39.5 Å². The molecule has 0 aliphatic carbocycles. The number of carbonyl (C=O) groups excluding carboxylic acids is 1. The fourth-order valence-corrected chi connectivity index (χ4v) is 4.88. The van der Waals surface area contributed by atoms with Gasteiger partial charge in [0, 0.05) is 12.0 Å². The van der Waals surface area contributed by atoms with Gasteiger partial charge in [-0.25, -0.2) is 13.2 Å². The summed E-state index contributed by atoms with van der Waals surface area (Å²) in [6.07, 6.45) is 1.22. The maximum absolute atomic E-state index is 12.5. The van der Waals surface area contributed by atoms with E-state index in [0.717, 1.165) is 11.1 Å². The van der Waals surface area contributed by atoms with Crippen molar-refractivity contribution in [2.75, 3.05) is 0 Å². The first-order chi connectivity index (χ1) is 12.9. The number of benzene rings is 2. The van der Waals surface area contributed by atoms with Crippen LogP contribution in [0.25, 0.3) is 0 Å². The molecule has 142 valence electrons. The van der Waals surface area contributed by atoms with E-state index in [2.05, 4.69) is 5.32 Å². The van der Waals surface area contributed by atoms with E-state index in [1.807, 2.05) is 60.7 Å². The fraction of sp³-hybridized carbons (Fsp3) is 0.167. The Hall–Kier alpha value is -1.000. The summed E-state index contributed by atoms with van der Waals surface area (Å²) in [6.45, 7) is 0. The summed E-state index contributed by atoms with van der Waals surface area (Å²) < 4.78 is 33.8. The van der Waals surface area contributed by atoms with Crippen LogP contribution in [0.3, 0.4) is 0 Å². The van der Waals surface area contributed by atoms with Crippen LogP contribution in [-0.4, -0.2) is 29.3 Å². The van der Waals surface area contributed by atoms with Crippen LogP contribution in [0.5, 0.6) is 0 Å². The molecule has 1 heterocycles. The molecule has 1 aliphatic rings. The van der Waals surface area contributed by atoms with Gasteiger partial charge < -0.3 is 9.87 Å². The van der Waals surface area contributed by atoms with Gasteiger partial charge in [-0.15, -0.1) is 11.8 Å². The molecule has 2 unspecified atom stereocenters. The molecular weight excluding hydrogens is 431 g/mol. The van der Waals surface area contributed by atoms with Crippen LogP contribution >= 0.6 is 23.4 Å². The number of urea groups is 1. The predicted octanol–water partition coefficient (Wildman–Crippen LogP) is 0.599. The number of hydrogen-bond donors (Lipinski definition) is 1. The van der Waals surface area contributed by atoms with Gasteiger partial charge in [-0.2, -0.15) is 0 Å². The van der Waals surface area contributed by atoms with Gasteiger partial charge in [0.25, 0.3) is 0 Å². The van der Waals surface area contributed by atoms with Crippen LogP contribution in [0.4, 0.5) is 4.79 Å². The smallest absolute Gasteiger partial charge is 0.746 e. The second-order valence-electron chi connectivity index (χ2n) is 5.80. The van der Waals surface area contributed by atoms with Crippen molar-refractivity contribution in [2.24, 2.45) is 0 Å². The molecule has 0 saturated carbocycles. The van der Waals surface area contributed by atoms with Crippen LogP contribution in [-0.2, 0) is 15.9 Å². The number of hydrogen-bond acceptors (Lipinski definition) is 5. The molecule has 28 heavy (non-hydrogen) atoms.